The quantitative estimate of drug-likeness (QED) is 0.919. The first-order valence-electron chi connectivity index (χ1n) is 6.39. The number of anilines is 1. The van der Waals surface area contributed by atoms with Gasteiger partial charge < -0.3 is 5.32 Å². The molecule has 0 saturated heterocycles. The Balaban J connectivity index is 2.38. The SMILES string of the molecule is Cc1cc(C)c(NC(=O)c2c(Cl)c(C)nn2C)c(C)c1. The zero-order chi connectivity index (χ0) is 15.0. The Morgan fingerprint density at radius 2 is 1.75 bits per heavy atom. The summed E-state index contributed by atoms with van der Waals surface area (Å²) < 4.78 is 1.51. The highest BCUT2D eigenvalue weighted by Gasteiger charge is 2.19. The minimum Gasteiger partial charge on any atom is -0.320 e. The van der Waals surface area contributed by atoms with E-state index in [2.05, 4.69) is 10.4 Å². The van der Waals surface area contributed by atoms with Gasteiger partial charge in [0.25, 0.3) is 5.91 Å². The summed E-state index contributed by atoms with van der Waals surface area (Å²) in [6, 6.07) is 4.08. The molecule has 0 radical (unpaired) electrons. The number of hydrogen-bond donors (Lipinski definition) is 1. The standard InChI is InChI=1S/C15H18ClN3O/c1-8-6-9(2)13(10(3)7-8)17-15(20)14-12(16)11(4)18-19(14)5/h6-7H,1-5H3,(H,17,20). The van der Waals surface area contributed by atoms with E-state index in [-0.39, 0.29) is 5.91 Å². The summed E-state index contributed by atoms with van der Waals surface area (Å²) in [6.07, 6.45) is 0. The molecule has 1 aromatic heterocycles. The molecule has 106 valence electrons. The summed E-state index contributed by atoms with van der Waals surface area (Å²) >= 11 is 6.14. The minimum absolute atomic E-state index is 0.242. The van der Waals surface area contributed by atoms with Gasteiger partial charge in [-0.15, -0.1) is 0 Å². The first kappa shape index (κ1) is 14.6. The number of aryl methyl sites for hydroxylation is 5. The third-order valence-electron chi connectivity index (χ3n) is 3.28. The predicted molar refractivity (Wildman–Crippen MR) is 81.6 cm³/mol. The Hall–Kier alpha value is -1.81. The van der Waals surface area contributed by atoms with Gasteiger partial charge in [0.2, 0.25) is 0 Å². The van der Waals surface area contributed by atoms with Crippen LogP contribution in [0.3, 0.4) is 0 Å². The van der Waals surface area contributed by atoms with Crippen LogP contribution in [0.1, 0.15) is 32.9 Å². The second kappa shape index (κ2) is 5.29. The lowest BCUT2D eigenvalue weighted by atomic mass is 10.0. The minimum atomic E-state index is -0.242. The van der Waals surface area contributed by atoms with Gasteiger partial charge in [0.1, 0.15) is 5.69 Å². The van der Waals surface area contributed by atoms with Crippen LogP contribution in [-0.4, -0.2) is 15.7 Å². The van der Waals surface area contributed by atoms with Crippen molar-refractivity contribution in [1.82, 2.24) is 9.78 Å². The third-order valence-corrected chi connectivity index (χ3v) is 3.73. The van der Waals surface area contributed by atoms with E-state index in [1.165, 1.54) is 10.2 Å². The van der Waals surface area contributed by atoms with Gasteiger partial charge in [-0.3, -0.25) is 9.48 Å². The fraction of sp³-hybridized carbons (Fsp3) is 0.333. The largest absolute Gasteiger partial charge is 0.320 e. The lowest BCUT2D eigenvalue weighted by Gasteiger charge is -2.13. The highest BCUT2D eigenvalue weighted by molar-refractivity contribution is 6.34. The van der Waals surface area contributed by atoms with Crippen molar-refractivity contribution < 1.29 is 4.79 Å². The maximum Gasteiger partial charge on any atom is 0.275 e. The Kier molecular flexibility index (Phi) is 3.86. The third kappa shape index (κ3) is 2.56. The molecule has 0 spiro atoms. The molecule has 0 fully saturated rings. The van der Waals surface area contributed by atoms with E-state index in [4.69, 9.17) is 11.6 Å². The van der Waals surface area contributed by atoms with Gasteiger partial charge >= 0.3 is 0 Å². The second-order valence-corrected chi connectivity index (χ2v) is 5.48. The van der Waals surface area contributed by atoms with E-state index in [9.17, 15) is 4.79 Å². The lowest BCUT2D eigenvalue weighted by Crippen LogP contribution is -2.18. The number of carbonyl (C=O) groups excluding carboxylic acids is 1. The normalized spacial score (nSPS) is 10.7. The molecule has 4 nitrogen and oxygen atoms in total. The summed E-state index contributed by atoms with van der Waals surface area (Å²) in [4.78, 5) is 12.4. The van der Waals surface area contributed by atoms with Crippen LogP contribution in [0, 0.1) is 27.7 Å². The van der Waals surface area contributed by atoms with Gasteiger partial charge in [0.05, 0.1) is 10.7 Å². The first-order chi connectivity index (χ1) is 9.31. The van der Waals surface area contributed by atoms with E-state index in [1.807, 2.05) is 32.9 Å². The molecule has 1 amide bonds. The fourth-order valence-electron chi connectivity index (χ4n) is 2.43. The molecule has 0 atom stereocenters. The predicted octanol–water partition coefficient (Wildman–Crippen LogP) is 3.56. The van der Waals surface area contributed by atoms with Crippen LogP contribution in [0.4, 0.5) is 5.69 Å². The second-order valence-electron chi connectivity index (χ2n) is 5.10. The van der Waals surface area contributed by atoms with E-state index >= 15 is 0 Å². The van der Waals surface area contributed by atoms with Crippen LogP contribution in [0.5, 0.6) is 0 Å². The van der Waals surface area contributed by atoms with Gasteiger partial charge in [0.15, 0.2) is 0 Å². The highest BCUT2D eigenvalue weighted by Crippen LogP contribution is 2.25. The van der Waals surface area contributed by atoms with E-state index in [0.717, 1.165) is 16.8 Å². The molecule has 0 aliphatic carbocycles. The van der Waals surface area contributed by atoms with Crippen molar-refractivity contribution in [2.24, 2.45) is 7.05 Å². The molecule has 0 saturated carbocycles. The molecule has 1 heterocycles. The summed E-state index contributed by atoms with van der Waals surface area (Å²) in [7, 11) is 1.71. The number of benzene rings is 1. The Morgan fingerprint density at radius 3 is 2.20 bits per heavy atom. The molecule has 0 aliphatic heterocycles. The molecule has 5 heteroatoms. The van der Waals surface area contributed by atoms with Gasteiger partial charge in [-0.2, -0.15) is 5.10 Å². The maximum absolute atomic E-state index is 12.4. The average molecular weight is 292 g/mol. The van der Waals surface area contributed by atoms with Crippen molar-refractivity contribution >= 4 is 23.2 Å². The van der Waals surface area contributed by atoms with Crippen LogP contribution >= 0.6 is 11.6 Å². The van der Waals surface area contributed by atoms with Crippen molar-refractivity contribution in [2.75, 3.05) is 5.32 Å². The highest BCUT2D eigenvalue weighted by atomic mass is 35.5. The van der Waals surface area contributed by atoms with E-state index in [1.54, 1.807) is 14.0 Å². The van der Waals surface area contributed by atoms with Crippen molar-refractivity contribution in [2.45, 2.75) is 27.7 Å². The summed E-state index contributed by atoms with van der Waals surface area (Å²) in [5.74, 6) is -0.242. The molecular formula is C15H18ClN3O. The molecule has 2 rings (SSSR count). The number of carbonyl (C=O) groups is 1. The average Bonchev–Trinajstić information content (AvgIpc) is 2.58. The number of hydrogen-bond acceptors (Lipinski definition) is 2. The molecule has 20 heavy (non-hydrogen) atoms. The molecule has 0 bridgehead atoms. The van der Waals surface area contributed by atoms with Crippen LogP contribution in [-0.2, 0) is 7.05 Å². The molecule has 2 aromatic rings. The Bertz CT molecular complexity index is 666. The monoisotopic (exact) mass is 291 g/mol. The maximum atomic E-state index is 12.4. The first-order valence-corrected chi connectivity index (χ1v) is 6.77. The van der Waals surface area contributed by atoms with Crippen LogP contribution in [0.25, 0.3) is 0 Å². The topological polar surface area (TPSA) is 46.9 Å². The van der Waals surface area contributed by atoms with E-state index < -0.39 is 0 Å². The molecular weight excluding hydrogens is 274 g/mol. The van der Waals surface area contributed by atoms with Crippen molar-refractivity contribution in [3.05, 3.63) is 45.2 Å². The van der Waals surface area contributed by atoms with E-state index in [0.29, 0.717) is 16.4 Å². The molecule has 1 N–H and O–H groups in total. The summed E-state index contributed by atoms with van der Waals surface area (Å²) in [5, 5.41) is 7.48. The number of aromatic nitrogens is 2. The number of nitrogens with one attached hydrogen (secondary N) is 1. The number of amides is 1. The van der Waals surface area contributed by atoms with Gasteiger partial charge in [-0.1, -0.05) is 29.3 Å². The number of rotatable bonds is 2. The molecule has 1 aromatic carbocycles. The lowest BCUT2D eigenvalue weighted by molar-refractivity contribution is 0.101. The van der Waals surface area contributed by atoms with Gasteiger partial charge in [-0.05, 0) is 38.8 Å². The summed E-state index contributed by atoms with van der Waals surface area (Å²) in [5.41, 5.74) is 5.10. The summed E-state index contributed by atoms with van der Waals surface area (Å²) in [6.45, 7) is 7.77. The van der Waals surface area contributed by atoms with Crippen molar-refractivity contribution in [3.63, 3.8) is 0 Å². The smallest absolute Gasteiger partial charge is 0.275 e. The fourth-order valence-corrected chi connectivity index (χ4v) is 2.67. The van der Waals surface area contributed by atoms with Crippen LogP contribution < -0.4 is 5.32 Å². The zero-order valence-corrected chi connectivity index (χ0v) is 13.1. The van der Waals surface area contributed by atoms with Crippen molar-refractivity contribution in [3.8, 4) is 0 Å². The zero-order valence-electron chi connectivity index (χ0n) is 12.3. The number of nitrogens with zero attached hydrogens (tertiary/aromatic N) is 2. The van der Waals surface area contributed by atoms with Crippen LogP contribution in [0.15, 0.2) is 12.1 Å². The van der Waals surface area contributed by atoms with Gasteiger partial charge in [-0.25, -0.2) is 0 Å². The Labute approximate surface area is 123 Å². The molecule has 0 unspecified atom stereocenters. The van der Waals surface area contributed by atoms with Gasteiger partial charge in [0, 0.05) is 12.7 Å². The Morgan fingerprint density at radius 1 is 1.20 bits per heavy atom. The van der Waals surface area contributed by atoms with Crippen molar-refractivity contribution in [1.29, 1.82) is 0 Å². The molecule has 0 aliphatic rings. The number of halogens is 1. The van der Waals surface area contributed by atoms with Crippen LogP contribution in [0.2, 0.25) is 5.02 Å².